The Morgan fingerprint density at radius 2 is 2.04 bits per heavy atom. The van der Waals surface area contributed by atoms with Crippen LogP contribution in [0.25, 0.3) is 5.69 Å². The fourth-order valence-corrected chi connectivity index (χ4v) is 3.52. The van der Waals surface area contributed by atoms with Gasteiger partial charge < -0.3 is 4.74 Å². The number of rotatable bonds is 4. The summed E-state index contributed by atoms with van der Waals surface area (Å²) in [5, 5.41) is 9.03. The summed E-state index contributed by atoms with van der Waals surface area (Å²) in [5.41, 5.74) is 2.60. The molecule has 0 spiro atoms. The molecular formula is C19H18ClN4O2+. The molecule has 0 saturated carbocycles. The van der Waals surface area contributed by atoms with Crippen molar-refractivity contribution in [1.82, 2.24) is 14.8 Å². The molecule has 6 nitrogen and oxygen atoms in total. The highest BCUT2D eigenvalue weighted by Crippen LogP contribution is 2.36. The molecule has 0 bridgehead atoms. The zero-order chi connectivity index (χ0) is 18.1. The van der Waals surface area contributed by atoms with E-state index in [0.29, 0.717) is 29.9 Å². The van der Waals surface area contributed by atoms with E-state index in [1.807, 2.05) is 60.0 Å². The predicted octanol–water partition coefficient (Wildman–Crippen LogP) is 3.84. The van der Waals surface area contributed by atoms with Crippen LogP contribution in [0.4, 0.5) is 0 Å². The number of nitroso groups, excluding NO2 is 1. The molecule has 1 aliphatic rings. The predicted molar refractivity (Wildman–Crippen MR) is 97.3 cm³/mol. The third kappa shape index (κ3) is 2.91. The minimum Gasteiger partial charge on any atom is -0.374 e. The normalized spacial score (nSPS) is 16.1. The maximum Gasteiger partial charge on any atom is 0.254 e. The van der Waals surface area contributed by atoms with Crippen molar-refractivity contribution in [2.75, 3.05) is 6.61 Å². The summed E-state index contributed by atoms with van der Waals surface area (Å²) in [6.45, 7) is 2.97. The molecule has 1 atom stereocenters. The van der Waals surface area contributed by atoms with Crippen LogP contribution in [0.2, 0.25) is 5.02 Å². The molecule has 0 N–H and O–H groups in total. The summed E-state index contributed by atoms with van der Waals surface area (Å²) in [6, 6.07) is 14.8. The monoisotopic (exact) mass is 369 g/mol. The highest BCUT2D eigenvalue weighted by Gasteiger charge is 2.38. The van der Waals surface area contributed by atoms with Gasteiger partial charge in [0.15, 0.2) is 5.82 Å². The highest BCUT2D eigenvalue weighted by atomic mass is 35.5. The third-order valence-corrected chi connectivity index (χ3v) is 4.69. The van der Waals surface area contributed by atoms with Gasteiger partial charge in [-0.15, -0.1) is 10.2 Å². The molecule has 4 rings (SSSR count). The van der Waals surface area contributed by atoms with Gasteiger partial charge in [-0.2, -0.15) is 0 Å². The Kier molecular flexibility index (Phi) is 4.53. The molecule has 3 aromatic rings. The number of ether oxygens (including phenoxy) is 1. The molecule has 1 unspecified atom stereocenters. The SMILES string of the molecule is CCOCc1nnc2n1-c1ccc(Cl)cc1C(c1ccccc1)[N+](=O)C2. The van der Waals surface area contributed by atoms with Crippen LogP contribution in [0.5, 0.6) is 0 Å². The fourth-order valence-electron chi connectivity index (χ4n) is 3.34. The van der Waals surface area contributed by atoms with Crippen LogP contribution < -0.4 is 0 Å². The summed E-state index contributed by atoms with van der Waals surface area (Å²) in [7, 11) is 0. The first-order chi connectivity index (χ1) is 12.7. The number of fused-ring (bicyclic) bond motifs is 3. The molecule has 2 aromatic carbocycles. The Balaban J connectivity index is 1.93. The Labute approximate surface area is 156 Å². The van der Waals surface area contributed by atoms with Gasteiger partial charge in [0.05, 0.1) is 11.3 Å². The molecule has 2 heterocycles. The van der Waals surface area contributed by atoms with Gasteiger partial charge in [0, 0.05) is 26.9 Å². The maximum absolute atomic E-state index is 13.0. The van der Waals surface area contributed by atoms with E-state index in [-0.39, 0.29) is 6.54 Å². The van der Waals surface area contributed by atoms with Crippen molar-refractivity contribution in [2.45, 2.75) is 26.1 Å². The van der Waals surface area contributed by atoms with Gasteiger partial charge in [0.2, 0.25) is 5.82 Å². The maximum atomic E-state index is 13.0. The number of hydrogen-bond acceptors (Lipinski definition) is 4. The van der Waals surface area contributed by atoms with Crippen molar-refractivity contribution >= 4 is 11.6 Å². The van der Waals surface area contributed by atoms with Gasteiger partial charge in [0.25, 0.3) is 12.6 Å². The number of nitrogens with zero attached hydrogens (tertiary/aromatic N) is 4. The van der Waals surface area contributed by atoms with Gasteiger partial charge in [-0.25, -0.2) is 0 Å². The van der Waals surface area contributed by atoms with Crippen LogP contribution in [0.1, 0.15) is 35.7 Å². The van der Waals surface area contributed by atoms with Crippen molar-refractivity contribution in [3.63, 3.8) is 0 Å². The lowest BCUT2D eigenvalue weighted by Crippen LogP contribution is -2.16. The molecule has 132 valence electrons. The van der Waals surface area contributed by atoms with Crippen molar-refractivity contribution in [2.24, 2.45) is 0 Å². The summed E-state index contributed by atoms with van der Waals surface area (Å²) in [6.07, 6.45) is 0. The third-order valence-electron chi connectivity index (χ3n) is 4.46. The Morgan fingerprint density at radius 3 is 2.81 bits per heavy atom. The van der Waals surface area contributed by atoms with E-state index in [2.05, 4.69) is 10.2 Å². The van der Waals surface area contributed by atoms with Crippen LogP contribution in [-0.4, -0.2) is 26.1 Å². The van der Waals surface area contributed by atoms with Crippen molar-refractivity contribution < 1.29 is 9.50 Å². The molecule has 0 saturated heterocycles. The second-order valence-electron chi connectivity index (χ2n) is 6.10. The van der Waals surface area contributed by atoms with Gasteiger partial charge in [-0.05, 0) is 25.1 Å². The van der Waals surface area contributed by atoms with Crippen LogP contribution in [0.15, 0.2) is 48.5 Å². The second-order valence-corrected chi connectivity index (χ2v) is 6.53. The van der Waals surface area contributed by atoms with Crippen LogP contribution in [0, 0.1) is 4.91 Å². The standard InChI is InChI=1S/C19H18ClN4O2/c1-2-26-12-18-22-21-17-11-23(25)19(13-6-4-3-5-7-13)15-10-14(20)8-9-16(15)24(17)18/h3-10,19H,2,11-12H2,1H3/q+1. The number of hydrogen-bond donors (Lipinski definition) is 0. The molecule has 0 radical (unpaired) electrons. The largest absolute Gasteiger partial charge is 0.374 e. The van der Waals surface area contributed by atoms with Crippen LogP contribution >= 0.6 is 11.6 Å². The van der Waals surface area contributed by atoms with E-state index in [0.717, 1.165) is 21.6 Å². The quantitative estimate of drug-likeness (QED) is 0.655. The topological polar surface area (TPSA) is 60.0 Å². The average Bonchev–Trinajstić information content (AvgIpc) is 2.98. The lowest BCUT2D eigenvalue weighted by Gasteiger charge is -2.14. The first-order valence-electron chi connectivity index (χ1n) is 8.48. The second kappa shape index (κ2) is 6.97. The molecule has 26 heavy (non-hydrogen) atoms. The summed E-state index contributed by atoms with van der Waals surface area (Å²) in [4.78, 5) is 13.0. The van der Waals surface area contributed by atoms with E-state index in [1.165, 1.54) is 0 Å². The Morgan fingerprint density at radius 1 is 1.23 bits per heavy atom. The van der Waals surface area contributed by atoms with E-state index < -0.39 is 6.04 Å². The van der Waals surface area contributed by atoms with Gasteiger partial charge in [0.1, 0.15) is 6.61 Å². The van der Waals surface area contributed by atoms with Crippen LogP contribution in [-0.2, 0) is 17.9 Å². The van der Waals surface area contributed by atoms with Crippen molar-refractivity contribution in [3.8, 4) is 5.69 Å². The molecular weight excluding hydrogens is 352 g/mol. The lowest BCUT2D eigenvalue weighted by atomic mass is 9.97. The first kappa shape index (κ1) is 16.9. The van der Waals surface area contributed by atoms with E-state index in [4.69, 9.17) is 16.3 Å². The molecule has 0 amide bonds. The first-order valence-corrected chi connectivity index (χ1v) is 8.86. The molecule has 0 aliphatic carbocycles. The van der Waals surface area contributed by atoms with Crippen LogP contribution in [0.3, 0.4) is 0 Å². The molecule has 1 aliphatic heterocycles. The summed E-state index contributed by atoms with van der Waals surface area (Å²) >= 11 is 6.27. The fraction of sp³-hybridized carbons (Fsp3) is 0.263. The highest BCUT2D eigenvalue weighted by molar-refractivity contribution is 6.30. The minimum absolute atomic E-state index is 0.130. The van der Waals surface area contributed by atoms with Crippen molar-refractivity contribution in [3.05, 3.63) is 81.2 Å². The number of halogens is 1. The van der Waals surface area contributed by atoms with Gasteiger partial charge in [-0.3, -0.25) is 4.57 Å². The smallest absolute Gasteiger partial charge is 0.254 e. The minimum atomic E-state index is -0.466. The lowest BCUT2D eigenvalue weighted by molar-refractivity contribution is -0.598. The number of benzene rings is 2. The molecule has 0 fully saturated rings. The number of aromatic nitrogens is 3. The van der Waals surface area contributed by atoms with E-state index in [1.54, 1.807) is 0 Å². The van der Waals surface area contributed by atoms with E-state index >= 15 is 0 Å². The zero-order valence-electron chi connectivity index (χ0n) is 14.3. The summed E-state index contributed by atoms with van der Waals surface area (Å²) in [5.74, 6) is 1.27. The van der Waals surface area contributed by atoms with E-state index in [9.17, 15) is 4.91 Å². The Bertz CT molecular complexity index is 955. The molecule has 7 heteroatoms. The molecule has 1 aromatic heterocycles. The average molecular weight is 370 g/mol. The summed E-state index contributed by atoms with van der Waals surface area (Å²) < 4.78 is 8.46. The van der Waals surface area contributed by atoms with Crippen molar-refractivity contribution in [1.29, 1.82) is 0 Å². The van der Waals surface area contributed by atoms with Gasteiger partial charge >= 0.3 is 0 Å². The van der Waals surface area contributed by atoms with Gasteiger partial charge in [-0.1, -0.05) is 41.9 Å². The zero-order valence-corrected chi connectivity index (χ0v) is 15.1. The Hall–Kier alpha value is -2.57.